The molecule has 140 valence electrons. The van der Waals surface area contributed by atoms with E-state index in [2.05, 4.69) is 15.0 Å². The number of carbonyl (C=O) groups excluding carboxylic acids is 1. The van der Waals surface area contributed by atoms with E-state index in [-0.39, 0.29) is 30.7 Å². The van der Waals surface area contributed by atoms with Gasteiger partial charge in [0.1, 0.15) is 0 Å². The predicted molar refractivity (Wildman–Crippen MR) is 109 cm³/mol. The zero-order valence-electron chi connectivity index (χ0n) is 13.2. The van der Waals surface area contributed by atoms with Crippen molar-refractivity contribution in [3.63, 3.8) is 0 Å². The van der Waals surface area contributed by atoms with Gasteiger partial charge in [0.15, 0.2) is 5.13 Å². The highest BCUT2D eigenvalue weighted by Gasteiger charge is 2.19. The average molecular weight is 463 g/mol. The topological polar surface area (TPSA) is 88.2 Å². The summed E-state index contributed by atoms with van der Waals surface area (Å²) in [6.07, 6.45) is 1.49. The molecule has 0 spiro atoms. The molecule has 0 radical (unpaired) electrons. The summed E-state index contributed by atoms with van der Waals surface area (Å²) < 4.78 is 27.0. The number of amides is 1. The zero-order chi connectivity index (χ0) is 19.6. The van der Waals surface area contributed by atoms with Crippen LogP contribution in [0.3, 0.4) is 0 Å². The van der Waals surface area contributed by atoms with Crippen LogP contribution in [-0.4, -0.2) is 19.3 Å². The summed E-state index contributed by atoms with van der Waals surface area (Å²) in [6.45, 7) is 0. The number of benzene rings is 2. The van der Waals surface area contributed by atoms with Crippen molar-refractivity contribution in [1.29, 1.82) is 0 Å². The lowest BCUT2D eigenvalue weighted by molar-refractivity contribution is 0.102. The van der Waals surface area contributed by atoms with Crippen molar-refractivity contribution in [3.8, 4) is 0 Å². The normalized spacial score (nSPS) is 11.2. The standard InChI is InChI=1S/C16H10Cl3N3O3S2/c17-11-5-6-12(18)14(19)13(11)15(23)21-9-1-3-10(4-2-9)27(24,25)22-16-20-7-8-26-16/h1-8H,(H,20,22)(H,21,23). The molecular formula is C16H10Cl3N3O3S2. The van der Waals surface area contributed by atoms with Crippen molar-refractivity contribution in [2.75, 3.05) is 10.0 Å². The third kappa shape index (κ3) is 4.53. The highest BCUT2D eigenvalue weighted by Crippen LogP contribution is 2.32. The SMILES string of the molecule is O=C(Nc1ccc(S(=O)(=O)Nc2nccs2)cc1)c1c(Cl)ccc(Cl)c1Cl. The summed E-state index contributed by atoms with van der Waals surface area (Å²) in [7, 11) is -3.77. The maximum atomic E-state index is 12.4. The van der Waals surface area contributed by atoms with Crippen LogP contribution in [0, 0.1) is 0 Å². The number of hydrogen-bond donors (Lipinski definition) is 2. The molecule has 0 saturated carbocycles. The molecule has 1 aromatic heterocycles. The summed E-state index contributed by atoms with van der Waals surface area (Å²) in [5, 5.41) is 4.89. The molecule has 2 N–H and O–H groups in total. The third-order valence-corrected chi connectivity index (χ3v) is 6.64. The molecule has 27 heavy (non-hydrogen) atoms. The number of sulfonamides is 1. The Morgan fingerprint density at radius 1 is 1.00 bits per heavy atom. The van der Waals surface area contributed by atoms with E-state index in [0.29, 0.717) is 5.69 Å². The second-order valence-corrected chi connectivity index (χ2v) is 8.91. The van der Waals surface area contributed by atoms with Crippen LogP contribution in [-0.2, 0) is 10.0 Å². The van der Waals surface area contributed by atoms with E-state index in [0.717, 1.165) is 11.3 Å². The quantitative estimate of drug-likeness (QED) is 0.513. The van der Waals surface area contributed by atoms with Crippen molar-refractivity contribution in [3.05, 3.63) is 68.6 Å². The number of rotatable bonds is 5. The Bertz CT molecular complexity index is 1090. The van der Waals surface area contributed by atoms with Gasteiger partial charge in [-0.2, -0.15) is 0 Å². The number of halogens is 3. The van der Waals surface area contributed by atoms with Gasteiger partial charge in [-0.15, -0.1) is 11.3 Å². The number of hydrogen-bond acceptors (Lipinski definition) is 5. The lowest BCUT2D eigenvalue weighted by Gasteiger charge is -2.10. The first-order chi connectivity index (χ1) is 12.8. The fourth-order valence-corrected chi connectivity index (χ4v) is 4.58. The lowest BCUT2D eigenvalue weighted by atomic mass is 10.2. The van der Waals surface area contributed by atoms with Crippen molar-refractivity contribution in [2.24, 2.45) is 0 Å². The molecule has 1 heterocycles. The minimum Gasteiger partial charge on any atom is -0.322 e. The van der Waals surface area contributed by atoms with Gasteiger partial charge in [-0.3, -0.25) is 9.52 Å². The van der Waals surface area contributed by atoms with E-state index >= 15 is 0 Å². The minimum atomic E-state index is -3.77. The number of nitrogens with one attached hydrogen (secondary N) is 2. The summed E-state index contributed by atoms with van der Waals surface area (Å²) in [4.78, 5) is 16.3. The Balaban J connectivity index is 1.78. The molecule has 0 aliphatic rings. The molecular weight excluding hydrogens is 453 g/mol. The number of thiazole rings is 1. The van der Waals surface area contributed by atoms with E-state index in [1.807, 2.05) is 0 Å². The van der Waals surface area contributed by atoms with Crippen molar-refractivity contribution >= 4 is 72.9 Å². The molecule has 0 aliphatic heterocycles. The van der Waals surface area contributed by atoms with E-state index in [4.69, 9.17) is 34.8 Å². The maximum absolute atomic E-state index is 12.4. The van der Waals surface area contributed by atoms with Crippen molar-refractivity contribution in [1.82, 2.24) is 4.98 Å². The largest absolute Gasteiger partial charge is 0.322 e. The molecule has 3 rings (SSSR count). The van der Waals surface area contributed by atoms with E-state index in [9.17, 15) is 13.2 Å². The molecule has 0 atom stereocenters. The van der Waals surface area contributed by atoms with E-state index < -0.39 is 15.9 Å². The fourth-order valence-electron chi connectivity index (χ4n) is 2.09. The van der Waals surface area contributed by atoms with Gasteiger partial charge in [0, 0.05) is 17.3 Å². The second-order valence-electron chi connectivity index (χ2n) is 5.14. The Labute approximate surface area is 174 Å². The minimum absolute atomic E-state index is 0.0227. The number of anilines is 2. The van der Waals surface area contributed by atoms with Crippen LogP contribution >= 0.6 is 46.1 Å². The van der Waals surface area contributed by atoms with Crippen LogP contribution in [0.5, 0.6) is 0 Å². The van der Waals surface area contributed by atoms with Crippen LogP contribution in [0.15, 0.2) is 52.9 Å². The molecule has 2 aromatic carbocycles. The summed E-state index contributed by atoms with van der Waals surface area (Å²) in [5.41, 5.74) is 0.397. The van der Waals surface area contributed by atoms with Crippen LogP contribution in [0.2, 0.25) is 15.1 Å². The molecule has 11 heteroatoms. The predicted octanol–water partition coefficient (Wildman–Crippen LogP) is 5.16. The number of carbonyl (C=O) groups is 1. The first-order valence-electron chi connectivity index (χ1n) is 7.25. The highest BCUT2D eigenvalue weighted by atomic mass is 35.5. The number of aromatic nitrogens is 1. The third-order valence-electron chi connectivity index (χ3n) is 3.35. The van der Waals surface area contributed by atoms with E-state index in [1.54, 1.807) is 5.38 Å². The monoisotopic (exact) mass is 461 g/mol. The number of nitrogens with zero attached hydrogens (tertiary/aromatic N) is 1. The van der Waals surface area contributed by atoms with Crippen molar-refractivity contribution < 1.29 is 13.2 Å². The van der Waals surface area contributed by atoms with Gasteiger partial charge >= 0.3 is 0 Å². The lowest BCUT2D eigenvalue weighted by Crippen LogP contribution is -2.14. The smallest absolute Gasteiger partial charge is 0.263 e. The van der Waals surface area contributed by atoms with E-state index in [1.165, 1.54) is 42.6 Å². The molecule has 0 aliphatic carbocycles. The van der Waals surface area contributed by atoms with Crippen LogP contribution in [0.1, 0.15) is 10.4 Å². The molecule has 0 fully saturated rings. The summed E-state index contributed by atoms with van der Waals surface area (Å²) in [6, 6.07) is 8.55. The Kier molecular flexibility index (Phi) is 5.92. The summed E-state index contributed by atoms with van der Waals surface area (Å²) >= 11 is 19.1. The van der Waals surface area contributed by atoms with Crippen LogP contribution in [0.25, 0.3) is 0 Å². The average Bonchev–Trinajstić information content (AvgIpc) is 3.11. The Morgan fingerprint density at radius 2 is 1.67 bits per heavy atom. The van der Waals surface area contributed by atoms with Gasteiger partial charge in [-0.05, 0) is 36.4 Å². The molecule has 0 unspecified atom stereocenters. The Morgan fingerprint density at radius 3 is 2.30 bits per heavy atom. The first-order valence-corrected chi connectivity index (χ1v) is 10.7. The molecule has 6 nitrogen and oxygen atoms in total. The molecule has 0 saturated heterocycles. The fraction of sp³-hybridized carbons (Fsp3) is 0. The van der Waals surface area contributed by atoms with Gasteiger partial charge in [-0.25, -0.2) is 13.4 Å². The summed E-state index contributed by atoms with van der Waals surface area (Å²) in [5.74, 6) is -0.566. The second kappa shape index (κ2) is 8.04. The molecule has 1 amide bonds. The van der Waals surface area contributed by atoms with Gasteiger partial charge in [0.2, 0.25) is 0 Å². The van der Waals surface area contributed by atoms with Crippen LogP contribution in [0.4, 0.5) is 10.8 Å². The van der Waals surface area contributed by atoms with Gasteiger partial charge < -0.3 is 5.32 Å². The Hall–Kier alpha value is -1.84. The van der Waals surface area contributed by atoms with Gasteiger partial charge in [0.25, 0.3) is 15.9 Å². The zero-order valence-corrected chi connectivity index (χ0v) is 17.1. The van der Waals surface area contributed by atoms with Gasteiger partial charge in [-0.1, -0.05) is 34.8 Å². The highest BCUT2D eigenvalue weighted by molar-refractivity contribution is 7.93. The van der Waals surface area contributed by atoms with Gasteiger partial charge in [0.05, 0.1) is 25.5 Å². The molecule has 0 bridgehead atoms. The maximum Gasteiger partial charge on any atom is 0.263 e. The van der Waals surface area contributed by atoms with Crippen LogP contribution < -0.4 is 10.0 Å². The van der Waals surface area contributed by atoms with Crippen molar-refractivity contribution in [2.45, 2.75) is 4.90 Å². The first kappa shape index (κ1) is 19.9. The molecule has 3 aromatic rings.